The van der Waals surface area contributed by atoms with E-state index in [2.05, 4.69) is 21.2 Å². The molecule has 7 nitrogen and oxygen atoms in total. The highest BCUT2D eigenvalue weighted by molar-refractivity contribution is 9.10. The minimum atomic E-state index is -3.85. The number of nitriles is 1. The molecule has 0 unspecified atom stereocenters. The SMILES string of the molecule is Cc1ccc(S(=O)(=O)N(Cc2ccccc2)Cc2ccc(/C=C(/C#N)C(=O)Nc3cccc(Br)c3)o2)cc1. The molecule has 4 aromatic rings. The number of hydrogen-bond acceptors (Lipinski definition) is 5. The fraction of sp³-hybridized carbons (Fsp3) is 0.103. The van der Waals surface area contributed by atoms with E-state index in [1.165, 1.54) is 10.4 Å². The van der Waals surface area contributed by atoms with Gasteiger partial charge in [0.15, 0.2) is 0 Å². The third kappa shape index (κ3) is 6.86. The van der Waals surface area contributed by atoms with Gasteiger partial charge in [0.1, 0.15) is 23.2 Å². The van der Waals surface area contributed by atoms with Gasteiger partial charge in [-0.1, -0.05) is 70.0 Å². The second-order valence-corrected chi connectivity index (χ2v) is 11.4. The maximum atomic E-state index is 13.5. The lowest BCUT2D eigenvalue weighted by Crippen LogP contribution is -2.30. The molecule has 3 aromatic carbocycles. The first kappa shape index (κ1) is 27.1. The second kappa shape index (κ2) is 12.0. The molecule has 1 heterocycles. The van der Waals surface area contributed by atoms with E-state index in [-0.39, 0.29) is 29.3 Å². The Morgan fingerprint density at radius 1 is 1.00 bits per heavy atom. The molecule has 0 radical (unpaired) electrons. The van der Waals surface area contributed by atoms with Crippen LogP contribution in [0.4, 0.5) is 5.69 Å². The summed E-state index contributed by atoms with van der Waals surface area (Å²) in [6.45, 7) is 2.00. The third-order valence-electron chi connectivity index (χ3n) is 5.61. The third-order valence-corrected chi connectivity index (χ3v) is 7.91. The van der Waals surface area contributed by atoms with Gasteiger partial charge in [-0.3, -0.25) is 4.79 Å². The summed E-state index contributed by atoms with van der Waals surface area (Å²) >= 11 is 3.34. The molecule has 0 spiro atoms. The normalized spacial score (nSPS) is 11.8. The van der Waals surface area contributed by atoms with E-state index in [4.69, 9.17) is 4.42 Å². The first-order chi connectivity index (χ1) is 18.2. The zero-order valence-corrected chi connectivity index (χ0v) is 22.9. The number of benzene rings is 3. The molecule has 0 aliphatic carbocycles. The predicted octanol–water partition coefficient (Wildman–Crippen LogP) is 6.29. The van der Waals surface area contributed by atoms with Gasteiger partial charge >= 0.3 is 0 Å². The van der Waals surface area contributed by atoms with Gasteiger partial charge < -0.3 is 9.73 Å². The molecule has 0 saturated carbocycles. The maximum absolute atomic E-state index is 13.5. The summed E-state index contributed by atoms with van der Waals surface area (Å²) in [6, 6.07) is 28.1. The molecule has 0 aliphatic rings. The van der Waals surface area contributed by atoms with E-state index in [1.807, 2.05) is 49.4 Å². The first-order valence-corrected chi connectivity index (χ1v) is 13.9. The highest BCUT2D eigenvalue weighted by Gasteiger charge is 2.26. The van der Waals surface area contributed by atoms with E-state index in [0.717, 1.165) is 15.6 Å². The molecule has 4 rings (SSSR count). The Bertz CT molecular complexity index is 1610. The van der Waals surface area contributed by atoms with Crippen molar-refractivity contribution in [3.05, 3.63) is 124 Å². The zero-order chi connectivity index (χ0) is 27.1. The molecule has 0 saturated heterocycles. The van der Waals surface area contributed by atoms with Gasteiger partial charge in [-0.05, 0) is 55.0 Å². The second-order valence-electron chi connectivity index (χ2n) is 8.51. The average molecular weight is 590 g/mol. The molecule has 0 bridgehead atoms. The number of nitrogens with zero attached hydrogens (tertiary/aromatic N) is 2. The lowest BCUT2D eigenvalue weighted by molar-refractivity contribution is -0.112. The number of anilines is 1. The van der Waals surface area contributed by atoms with Crippen molar-refractivity contribution in [2.24, 2.45) is 0 Å². The van der Waals surface area contributed by atoms with Gasteiger partial charge in [0.25, 0.3) is 5.91 Å². The predicted molar refractivity (Wildman–Crippen MR) is 149 cm³/mol. The maximum Gasteiger partial charge on any atom is 0.266 e. The minimum absolute atomic E-state index is 0.0366. The van der Waals surface area contributed by atoms with E-state index >= 15 is 0 Å². The number of furan rings is 1. The van der Waals surface area contributed by atoms with E-state index in [0.29, 0.717) is 11.4 Å². The minimum Gasteiger partial charge on any atom is -0.460 e. The van der Waals surface area contributed by atoms with Gasteiger partial charge in [-0.25, -0.2) is 8.42 Å². The topological polar surface area (TPSA) is 103 Å². The fourth-order valence-electron chi connectivity index (χ4n) is 3.66. The van der Waals surface area contributed by atoms with Gasteiger partial charge in [0.05, 0.1) is 11.4 Å². The van der Waals surface area contributed by atoms with Crippen molar-refractivity contribution in [1.29, 1.82) is 5.26 Å². The summed E-state index contributed by atoms with van der Waals surface area (Å²) in [7, 11) is -3.85. The van der Waals surface area contributed by atoms with Crippen molar-refractivity contribution in [3.8, 4) is 6.07 Å². The lowest BCUT2D eigenvalue weighted by atomic mass is 10.2. The van der Waals surface area contributed by atoms with Gasteiger partial charge in [-0.2, -0.15) is 9.57 Å². The van der Waals surface area contributed by atoms with Crippen molar-refractivity contribution < 1.29 is 17.6 Å². The smallest absolute Gasteiger partial charge is 0.266 e. The Hall–Kier alpha value is -3.97. The molecule has 1 N–H and O–H groups in total. The Morgan fingerprint density at radius 3 is 2.42 bits per heavy atom. The lowest BCUT2D eigenvalue weighted by Gasteiger charge is -2.21. The van der Waals surface area contributed by atoms with Crippen LogP contribution in [-0.4, -0.2) is 18.6 Å². The van der Waals surface area contributed by atoms with E-state index < -0.39 is 15.9 Å². The number of amides is 1. The number of rotatable bonds is 9. The molecule has 1 aromatic heterocycles. The molecule has 192 valence electrons. The van der Waals surface area contributed by atoms with Crippen LogP contribution in [0, 0.1) is 18.3 Å². The van der Waals surface area contributed by atoms with Crippen LogP contribution in [0.1, 0.15) is 22.6 Å². The molecule has 1 amide bonds. The van der Waals surface area contributed by atoms with E-state index in [1.54, 1.807) is 54.6 Å². The number of sulfonamides is 1. The Balaban J connectivity index is 1.57. The van der Waals surface area contributed by atoms with Crippen molar-refractivity contribution >= 4 is 43.6 Å². The Kier molecular flexibility index (Phi) is 8.59. The largest absolute Gasteiger partial charge is 0.460 e. The van der Waals surface area contributed by atoms with Crippen LogP contribution < -0.4 is 5.32 Å². The van der Waals surface area contributed by atoms with Crippen molar-refractivity contribution in [2.75, 3.05) is 5.32 Å². The zero-order valence-electron chi connectivity index (χ0n) is 20.5. The fourth-order valence-corrected chi connectivity index (χ4v) is 5.45. The van der Waals surface area contributed by atoms with Crippen LogP contribution in [0.2, 0.25) is 0 Å². The van der Waals surface area contributed by atoms with Crippen molar-refractivity contribution in [1.82, 2.24) is 4.31 Å². The van der Waals surface area contributed by atoms with Gasteiger partial charge in [0, 0.05) is 22.8 Å². The number of carbonyl (C=O) groups excluding carboxylic acids is 1. The van der Waals surface area contributed by atoms with Gasteiger partial charge in [-0.15, -0.1) is 0 Å². The number of aryl methyl sites for hydroxylation is 1. The van der Waals surface area contributed by atoms with Crippen LogP contribution in [-0.2, 0) is 27.9 Å². The summed E-state index contributed by atoms with van der Waals surface area (Å²) < 4.78 is 35.0. The monoisotopic (exact) mass is 589 g/mol. The molecule has 38 heavy (non-hydrogen) atoms. The molecular formula is C29H24BrN3O4S. The van der Waals surface area contributed by atoms with Crippen LogP contribution in [0.5, 0.6) is 0 Å². The van der Waals surface area contributed by atoms with Crippen molar-refractivity contribution in [2.45, 2.75) is 24.9 Å². The van der Waals surface area contributed by atoms with Crippen LogP contribution in [0.25, 0.3) is 6.08 Å². The molecular weight excluding hydrogens is 566 g/mol. The number of carbonyl (C=O) groups is 1. The summed E-state index contributed by atoms with van der Waals surface area (Å²) in [4.78, 5) is 12.8. The number of halogens is 1. The number of nitrogens with one attached hydrogen (secondary N) is 1. The molecule has 0 fully saturated rings. The Labute approximate surface area is 230 Å². The average Bonchev–Trinajstić information content (AvgIpc) is 3.34. The summed E-state index contributed by atoms with van der Waals surface area (Å²) in [6.07, 6.45) is 1.33. The van der Waals surface area contributed by atoms with Crippen molar-refractivity contribution in [3.63, 3.8) is 0 Å². The Morgan fingerprint density at radius 2 is 1.74 bits per heavy atom. The van der Waals surface area contributed by atoms with Crippen LogP contribution in [0.3, 0.4) is 0 Å². The van der Waals surface area contributed by atoms with Gasteiger partial charge in [0.2, 0.25) is 10.0 Å². The number of hydrogen-bond donors (Lipinski definition) is 1. The molecule has 0 aliphatic heterocycles. The van der Waals surface area contributed by atoms with Crippen LogP contribution in [0.15, 0.2) is 110 Å². The highest BCUT2D eigenvalue weighted by Crippen LogP contribution is 2.23. The molecule has 0 atom stereocenters. The summed E-state index contributed by atoms with van der Waals surface area (Å²) in [5.74, 6) is 0.0390. The summed E-state index contributed by atoms with van der Waals surface area (Å²) in [5.41, 5.74) is 2.16. The highest BCUT2D eigenvalue weighted by atomic mass is 79.9. The molecule has 9 heteroatoms. The van der Waals surface area contributed by atoms with E-state index in [9.17, 15) is 18.5 Å². The van der Waals surface area contributed by atoms with Crippen LogP contribution >= 0.6 is 15.9 Å². The summed E-state index contributed by atoms with van der Waals surface area (Å²) in [5, 5.41) is 12.2. The quantitative estimate of drug-likeness (QED) is 0.182. The standard InChI is InChI=1S/C29H24BrN3O4S/c1-21-10-14-28(15-11-21)38(35,36)33(19-22-6-3-2-4-7-22)20-27-13-12-26(37-27)16-23(18-31)29(34)32-25-9-5-8-24(30)17-25/h2-17H,19-20H2,1H3,(H,32,34)/b23-16-. The first-order valence-electron chi connectivity index (χ1n) is 11.6.